The van der Waals surface area contributed by atoms with Crippen LogP contribution in [0.1, 0.15) is 12.0 Å². The van der Waals surface area contributed by atoms with Gasteiger partial charge in [-0.1, -0.05) is 0 Å². The summed E-state index contributed by atoms with van der Waals surface area (Å²) in [4.78, 5) is 11.2. The van der Waals surface area contributed by atoms with Crippen LogP contribution in [0.5, 0.6) is 0 Å². The van der Waals surface area contributed by atoms with Gasteiger partial charge in [0.15, 0.2) is 0 Å². The first-order valence-corrected chi connectivity index (χ1v) is 4.51. The molecule has 13 heavy (non-hydrogen) atoms. The number of carbonyl (C=O) groups excluding carboxylic acids is 1. The zero-order valence-electron chi connectivity index (χ0n) is 7.66. The van der Waals surface area contributed by atoms with Crippen LogP contribution < -0.4 is 5.32 Å². The van der Waals surface area contributed by atoms with Gasteiger partial charge in [-0.15, -0.1) is 0 Å². The molecule has 0 radical (unpaired) electrons. The molecule has 1 fully saturated rings. The van der Waals surface area contributed by atoms with Crippen LogP contribution in [0, 0.1) is 5.92 Å². The molecular formula is C9H13N3O. The maximum absolute atomic E-state index is 11.2. The van der Waals surface area contributed by atoms with Gasteiger partial charge in [0.25, 0.3) is 0 Å². The van der Waals surface area contributed by atoms with Crippen molar-refractivity contribution in [2.24, 2.45) is 13.0 Å². The molecule has 4 nitrogen and oxygen atoms in total. The summed E-state index contributed by atoms with van der Waals surface area (Å²) >= 11 is 0. The Balaban J connectivity index is 2.01. The molecular weight excluding hydrogens is 166 g/mol. The summed E-state index contributed by atoms with van der Waals surface area (Å²) < 4.78 is 1.77. The molecule has 1 atom stereocenters. The number of aryl methyl sites for hydroxylation is 1. The fourth-order valence-corrected chi connectivity index (χ4v) is 1.70. The second-order valence-electron chi connectivity index (χ2n) is 3.50. The SMILES string of the molecule is Cn1cc(CC2CCNC2=O)cn1. The first kappa shape index (κ1) is 8.29. The fourth-order valence-electron chi connectivity index (χ4n) is 1.70. The summed E-state index contributed by atoms with van der Waals surface area (Å²) in [6.45, 7) is 0.823. The molecule has 2 rings (SSSR count). The Morgan fingerprint density at radius 3 is 3.15 bits per heavy atom. The van der Waals surface area contributed by atoms with Gasteiger partial charge in [0, 0.05) is 25.7 Å². The number of hydrogen-bond acceptors (Lipinski definition) is 2. The Labute approximate surface area is 76.9 Å². The fraction of sp³-hybridized carbons (Fsp3) is 0.556. The van der Waals surface area contributed by atoms with Gasteiger partial charge in [0.2, 0.25) is 5.91 Å². The third kappa shape index (κ3) is 1.71. The van der Waals surface area contributed by atoms with Gasteiger partial charge in [-0.25, -0.2) is 0 Å². The largest absolute Gasteiger partial charge is 0.356 e. The van der Waals surface area contributed by atoms with Crippen LogP contribution >= 0.6 is 0 Å². The van der Waals surface area contributed by atoms with Crippen LogP contribution in [-0.2, 0) is 18.3 Å². The molecule has 2 heterocycles. The molecule has 0 aliphatic carbocycles. The molecule has 1 saturated heterocycles. The molecule has 1 aliphatic heterocycles. The van der Waals surface area contributed by atoms with Crippen LogP contribution in [0.4, 0.5) is 0 Å². The van der Waals surface area contributed by atoms with E-state index in [1.807, 2.05) is 19.4 Å². The second kappa shape index (κ2) is 3.20. The maximum Gasteiger partial charge on any atom is 0.223 e. The molecule has 0 spiro atoms. The lowest BCUT2D eigenvalue weighted by Crippen LogP contribution is -2.20. The van der Waals surface area contributed by atoms with Gasteiger partial charge >= 0.3 is 0 Å². The van der Waals surface area contributed by atoms with Crippen molar-refractivity contribution in [1.29, 1.82) is 0 Å². The van der Waals surface area contributed by atoms with E-state index in [4.69, 9.17) is 0 Å². The highest BCUT2D eigenvalue weighted by atomic mass is 16.2. The number of nitrogens with one attached hydrogen (secondary N) is 1. The van der Waals surface area contributed by atoms with Crippen molar-refractivity contribution in [2.75, 3.05) is 6.54 Å². The number of hydrogen-bond donors (Lipinski definition) is 1. The molecule has 0 saturated carbocycles. The van der Waals surface area contributed by atoms with Gasteiger partial charge in [0.1, 0.15) is 0 Å². The minimum Gasteiger partial charge on any atom is -0.356 e. The minimum absolute atomic E-state index is 0.157. The summed E-state index contributed by atoms with van der Waals surface area (Å²) in [6, 6.07) is 0. The summed E-state index contributed by atoms with van der Waals surface area (Å²) in [5, 5.41) is 6.90. The zero-order valence-corrected chi connectivity index (χ0v) is 7.66. The molecule has 0 bridgehead atoms. The lowest BCUT2D eigenvalue weighted by atomic mass is 10.0. The Kier molecular flexibility index (Phi) is 2.04. The molecule has 0 aromatic carbocycles. The summed E-state index contributed by atoms with van der Waals surface area (Å²) in [6.07, 6.45) is 5.56. The summed E-state index contributed by atoms with van der Waals surface area (Å²) in [5.74, 6) is 0.341. The molecule has 1 aliphatic rings. The van der Waals surface area contributed by atoms with E-state index in [2.05, 4.69) is 10.4 Å². The first-order valence-electron chi connectivity index (χ1n) is 4.51. The molecule has 70 valence electrons. The van der Waals surface area contributed by atoms with Crippen LogP contribution in [-0.4, -0.2) is 22.2 Å². The van der Waals surface area contributed by atoms with E-state index >= 15 is 0 Å². The third-order valence-electron chi connectivity index (χ3n) is 2.40. The standard InChI is InChI=1S/C9H13N3O/c1-12-6-7(5-11-12)4-8-2-3-10-9(8)13/h5-6,8H,2-4H2,1H3,(H,10,13). The zero-order chi connectivity index (χ0) is 9.26. The first-order chi connectivity index (χ1) is 6.25. The highest BCUT2D eigenvalue weighted by Gasteiger charge is 2.24. The van der Waals surface area contributed by atoms with Crippen molar-refractivity contribution in [2.45, 2.75) is 12.8 Å². The van der Waals surface area contributed by atoms with Crippen LogP contribution in [0.15, 0.2) is 12.4 Å². The predicted molar refractivity (Wildman–Crippen MR) is 48.0 cm³/mol. The molecule has 1 unspecified atom stereocenters. The van der Waals surface area contributed by atoms with E-state index in [0.717, 1.165) is 24.9 Å². The molecule has 1 aromatic heterocycles. The molecule has 1 aromatic rings. The van der Waals surface area contributed by atoms with Crippen molar-refractivity contribution in [1.82, 2.24) is 15.1 Å². The van der Waals surface area contributed by atoms with Crippen molar-refractivity contribution >= 4 is 5.91 Å². The Morgan fingerprint density at radius 1 is 1.77 bits per heavy atom. The van der Waals surface area contributed by atoms with Gasteiger partial charge in [-0.2, -0.15) is 5.10 Å². The molecule has 1 amide bonds. The van der Waals surface area contributed by atoms with Crippen LogP contribution in [0.3, 0.4) is 0 Å². The topological polar surface area (TPSA) is 46.9 Å². The highest BCUT2D eigenvalue weighted by molar-refractivity contribution is 5.80. The van der Waals surface area contributed by atoms with Gasteiger partial charge in [-0.05, 0) is 18.4 Å². The average Bonchev–Trinajstić information content (AvgIpc) is 2.64. The number of aromatic nitrogens is 2. The van der Waals surface area contributed by atoms with Crippen molar-refractivity contribution in [3.63, 3.8) is 0 Å². The summed E-state index contributed by atoms with van der Waals surface area (Å²) in [5.41, 5.74) is 1.14. The van der Waals surface area contributed by atoms with E-state index in [1.54, 1.807) is 4.68 Å². The van der Waals surface area contributed by atoms with E-state index in [9.17, 15) is 4.79 Å². The van der Waals surface area contributed by atoms with Crippen molar-refractivity contribution < 1.29 is 4.79 Å². The quantitative estimate of drug-likeness (QED) is 0.700. The predicted octanol–water partition coefficient (Wildman–Crippen LogP) is 0.0987. The van der Waals surface area contributed by atoms with E-state index in [0.29, 0.717) is 0 Å². The Morgan fingerprint density at radius 2 is 2.62 bits per heavy atom. The smallest absolute Gasteiger partial charge is 0.223 e. The van der Waals surface area contributed by atoms with Gasteiger partial charge in [0.05, 0.1) is 6.20 Å². The normalized spacial score (nSPS) is 21.9. The monoisotopic (exact) mass is 179 g/mol. The van der Waals surface area contributed by atoms with Crippen LogP contribution in [0.25, 0.3) is 0 Å². The van der Waals surface area contributed by atoms with Gasteiger partial charge in [-0.3, -0.25) is 9.48 Å². The maximum atomic E-state index is 11.2. The Hall–Kier alpha value is -1.32. The van der Waals surface area contributed by atoms with E-state index < -0.39 is 0 Å². The third-order valence-corrected chi connectivity index (χ3v) is 2.40. The number of nitrogens with zero attached hydrogens (tertiary/aromatic N) is 2. The highest BCUT2D eigenvalue weighted by Crippen LogP contribution is 2.15. The second-order valence-corrected chi connectivity index (χ2v) is 3.50. The summed E-state index contributed by atoms with van der Waals surface area (Å²) in [7, 11) is 1.89. The van der Waals surface area contributed by atoms with Crippen LogP contribution in [0.2, 0.25) is 0 Å². The molecule has 1 N–H and O–H groups in total. The lowest BCUT2D eigenvalue weighted by Gasteiger charge is -2.02. The van der Waals surface area contributed by atoms with Crippen molar-refractivity contribution in [3.05, 3.63) is 18.0 Å². The lowest BCUT2D eigenvalue weighted by molar-refractivity contribution is -0.122. The van der Waals surface area contributed by atoms with Crippen molar-refractivity contribution in [3.8, 4) is 0 Å². The number of carbonyl (C=O) groups is 1. The average molecular weight is 179 g/mol. The number of rotatable bonds is 2. The van der Waals surface area contributed by atoms with E-state index in [-0.39, 0.29) is 11.8 Å². The minimum atomic E-state index is 0.157. The number of amides is 1. The Bertz CT molecular complexity index is 318. The van der Waals surface area contributed by atoms with Gasteiger partial charge < -0.3 is 5.32 Å². The molecule has 4 heteroatoms. The van der Waals surface area contributed by atoms with E-state index in [1.165, 1.54) is 0 Å².